The zero-order chi connectivity index (χ0) is 31.9. The molecule has 3 aromatic carbocycles. The second-order valence-electron chi connectivity index (χ2n) is 9.15. The van der Waals surface area contributed by atoms with Crippen molar-refractivity contribution in [3.05, 3.63) is 106 Å². The summed E-state index contributed by atoms with van der Waals surface area (Å²) in [4.78, 5) is 37.8. The van der Waals surface area contributed by atoms with Crippen LogP contribution in [0.2, 0.25) is 10.0 Å². The first kappa shape index (κ1) is 32.9. The van der Waals surface area contributed by atoms with Gasteiger partial charge in [0.25, 0.3) is 21.8 Å². The molecule has 0 radical (unpaired) electrons. The van der Waals surface area contributed by atoms with E-state index in [4.69, 9.17) is 32.7 Å². The Morgan fingerprint density at radius 1 is 0.907 bits per heavy atom. The number of benzene rings is 3. The summed E-state index contributed by atoms with van der Waals surface area (Å²) in [6.45, 7) is 9.36. The van der Waals surface area contributed by atoms with Crippen molar-refractivity contribution in [2.24, 2.45) is 0 Å². The van der Waals surface area contributed by atoms with Crippen LogP contribution in [0.3, 0.4) is 0 Å². The summed E-state index contributed by atoms with van der Waals surface area (Å²) < 4.78 is 37.9. The highest BCUT2D eigenvalue weighted by molar-refractivity contribution is 7.90. The SMILES string of the molecule is C=C(C)OCC(=O)NS(=O)(=O)c1ccc(NC(=O)COc2ccc(Cl)cc2C(=O)c2cc(Cl)cc(C#N)c2)c(C(=C)C)c1. The molecule has 2 amide bonds. The van der Waals surface area contributed by atoms with E-state index in [1.165, 1.54) is 61.5 Å². The van der Waals surface area contributed by atoms with Crippen LogP contribution in [0.15, 0.2) is 78.4 Å². The number of carbonyl (C=O) groups excluding carboxylic acids is 3. The lowest BCUT2D eigenvalue weighted by atomic mass is 10.0. The van der Waals surface area contributed by atoms with Crippen LogP contribution in [-0.2, 0) is 24.3 Å². The minimum atomic E-state index is -4.26. The number of allylic oxidation sites excluding steroid dienone is 2. The van der Waals surface area contributed by atoms with Gasteiger partial charge in [-0.25, -0.2) is 13.1 Å². The van der Waals surface area contributed by atoms with Crippen LogP contribution in [0.4, 0.5) is 5.69 Å². The van der Waals surface area contributed by atoms with E-state index in [-0.39, 0.29) is 48.8 Å². The zero-order valence-corrected chi connectivity index (χ0v) is 25.3. The van der Waals surface area contributed by atoms with Crippen molar-refractivity contribution in [2.75, 3.05) is 18.5 Å². The number of carbonyl (C=O) groups is 3. The number of nitrogens with zero attached hydrogens (tertiary/aromatic N) is 1. The van der Waals surface area contributed by atoms with Gasteiger partial charge < -0.3 is 14.8 Å². The van der Waals surface area contributed by atoms with E-state index in [1.54, 1.807) is 6.92 Å². The van der Waals surface area contributed by atoms with Crippen LogP contribution in [-0.4, -0.2) is 39.2 Å². The lowest BCUT2D eigenvalue weighted by molar-refractivity contribution is -0.122. The van der Waals surface area contributed by atoms with Crippen molar-refractivity contribution in [3.8, 4) is 11.8 Å². The van der Waals surface area contributed by atoms with Gasteiger partial charge in [0.05, 0.1) is 27.9 Å². The van der Waals surface area contributed by atoms with Crippen molar-refractivity contribution in [2.45, 2.75) is 18.7 Å². The third-order valence-electron chi connectivity index (χ3n) is 5.57. The number of ketones is 1. The molecule has 0 aliphatic rings. The largest absolute Gasteiger partial charge is 0.489 e. The van der Waals surface area contributed by atoms with Crippen LogP contribution in [0.25, 0.3) is 5.57 Å². The van der Waals surface area contributed by atoms with Gasteiger partial charge in [0.2, 0.25) is 0 Å². The number of halogens is 2. The molecule has 0 aromatic heterocycles. The third kappa shape index (κ3) is 8.93. The zero-order valence-electron chi connectivity index (χ0n) is 23.0. The molecule has 0 heterocycles. The van der Waals surface area contributed by atoms with Crippen LogP contribution >= 0.6 is 23.2 Å². The topological polar surface area (TPSA) is 152 Å². The number of anilines is 1. The first-order chi connectivity index (χ1) is 20.2. The summed E-state index contributed by atoms with van der Waals surface area (Å²) in [5, 5.41) is 12.3. The number of hydrogen-bond donors (Lipinski definition) is 2. The minimum absolute atomic E-state index is 0.0411. The van der Waals surface area contributed by atoms with Crippen LogP contribution in [0, 0.1) is 11.3 Å². The maximum Gasteiger partial charge on any atom is 0.271 e. The summed E-state index contributed by atoms with van der Waals surface area (Å²) in [6, 6.07) is 14.2. The summed E-state index contributed by atoms with van der Waals surface area (Å²) in [5.41, 5.74) is 1.30. The Balaban J connectivity index is 1.78. The van der Waals surface area contributed by atoms with Gasteiger partial charge in [-0.3, -0.25) is 14.4 Å². The van der Waals surface area contributed by atoms with E-state index in [0.29, 0.717) is 11.1 Å². The number of nitrogens with one attached hydrogen (secondary N) is 2. The highest BCUT2D eigenvalue weighted by Gasteiger charge is 2.21. The number of amides is 2. The fourth-order valence-corrected chi connectivity index (χ4v) is 5.06. The number of hydrogen-bond acceptors (Lipinski definition) is 8. The predicted molar refractivity (Wildman–Crippen MR) is 162 cm³/mol. The van der Waals surface area contributed by atoms with Gasteiger partial charge in [0.1, 0.15) is 5.75 Å². The van der Waals surface area contributed by atoms with Gasteiger partial charge in [0, 0.05) is 26.9 Å². The number of ether oxygens (including phenoxy) is 2. The van der Waals surface area contributed by atoms with Gasteiger partial charge in [-0.05, 0) is 74.0 Å². The Morgan fingerprint density at radius 2 is 1.63 bits per heavy atom. The average Bonchev–Trinajstić information content (AvgIpc) is 2.94. The Labute approximate surface area is 258 Å². The van der Waals surface area contributed by atoms with Gasteiger partial charge in [-0.2, -0.15) is 5.26 Å². The lowest BCUT2D eigenvalue weighted by Crippen LogP contribution is -2.33. The lowest BCUT2D eigenvalue weighted by Gasteiger charge is -2.15. The van der Waals surface area contributed by atoms with Crippen LogP contribution in [0.1, 0.15) is 40.9 Å². The maximum absolute atomic E-state index is 13.2. The Morgan fingerprint density at radius 3 is 2.28 bits per heavy atom. The molecular weight excluding hydrogens is 617 g/mol. The van der Waals surface area contributed by atoms with Crippen molar-refractivity contribution >= 4 is 62.1 Å². The highest BCUT2D eigenvalue weighted by Crippen LogP contribution is 2.28. The number of nitriles is 1. The molecule has 0 aliphatic heterocycles. The molecule has 43 heavy (non-hydrogen) atoms. The Kier molecular flexibility index (Phi) is 10.7. The molecule has 0 atom stereocenters. The molecule has 0 aliphatic carbocycles. The van der Waals surface area contributed by atoms with E-state index in [0.717, 1.165) is 0 Å². The minimum Gasteiger partial charge on any atom is -0.489 e. The van der Waals surface area contributed by atoms with E-state index in [2.05, 4.69) is 18.5 Å². The van der Waals surface area contributed by atoms with E-state index in [1.807, 2.05) is 10.8 Å². The van der Waals surface area contributed by atoms with Crippen LogP contribution in [0.5, 0.6) is 5.75 Å². The molecule has 0 unspecified atom stereocenters. The van der Waals surface area contributed by atoms with Gasteiger partial charge in [-0.15, -0.1) is 0 Å². The third-order valence-corrected chi connectivity index (χ3v) is 7.39. The molecule has 0 bridgehead atoms. The monoisotopic (exact) mass is 641 g/mol. The van der Waals surface area contributed by atoms with Crippen molar-refractivity contribution in [3.63, 3.8) is 0 Å². The molecule has 2 N–H and O–H groups in total. The number of sulfonamides is 1. The summed E-state index contributed by atoms with van der Waals surface area (Å²) in [6.07, 6.45) is 0. The standard InChI is InChI=1S/C30H25Cl2N3O7S/c1-17(2)24-13-23(43(39,40)35-29(37)16-41-18(3)4)6-7-26(24)34-28(36)15-42-27-8-5-21(31)12-25(27)30(38)20-9-19(14-33)10-22(32)11-20/h5-13H,1,3,15-16H2,2,4H3,(H,34,36)(H,35,37). The fourth-order valence-electron chi connectivity index (χ4n) is 3.66. The molecule has 222 valence electrons. The van der Waals surface area contributed by atoms with Crippen molar-refractivity contribution in [1.29, 1.82) is 5.26 Å². The number of rotatable bonds is 12. The normalized spacial score (nSPS) is 10.7. The summed E-state index contributed by atoms with van der Waals surface area (Å²) in [7, 11) is -4.26. The molecule has 10 nitrogen and oxygen atoms in total. The van der Waals surface area contributed by atoms with E-state index < -0.39 is 40.8 Å². The second-order valence-corrected chi connectivity index (χ2v) is 11.7. The highest BCUT2D eigenvalue weighted by atomic mass is 35.5. The Hall–Kier alpha value is -4.63. The first-order valence-corrected chi connectivity index (χ1v) is 14.6. The molecule has 0 saturated carbocycles. The molecule has 13 heteroatoms. The fraction of sp³-hybridized carbons (Fsp3) is 0.133. The smallest absolute Gasteiger partial charge is 0.271 e. The summed E-state index contributed by atoms with van der Waals surface area (Å²) >= 11 is 12.2. The first-order valence-electron chi connectivity index (χ1n) is 12.3. The van der Waals surface area contributed by atoms with Crippen molar-refractivity contribution in [1.82, 2.24) is 4.72 Å². The molecule has 0 fully saturated rings. The molecule has 3 rings (SSSR count). The quantitative estimate of drug-likeness (QED) is 0.194. The molecule has 3 aromatic rings. The molecule has 0 saturated heterocycles. The van der Waals surface area contributed by atoms with E-state index >= 15 is 0 Å². The van der Waals surface area contributed by atoms with Gasteiger partial charge in [0.15, 0.2) is 19.0 Å². The predicted octanol–water partition coefficient (Wildman–Crippen LogP) is 5.50. The van der Waals surface area contributed by atoms with Crippen molar-refractivity contribution < 1.29 is 32.3 Å². The summed E-state index contributed by atoms with van der Waals surface area (Å²) in [5.74, 6) is -1.76. The maximum atomic E-state index is 13.2. The van der Waals surface area contributed by atoms with Gasteiger partial charge >= 0.3 is 0 Å². The Bertz CT molecular complexity index is 1800. The average molecular weight is 643 g/mol. The van der Waals surface area contributed by atoms with Gasteiger partial charge in [-0.1, -0.05) is 36.4 Å². The molecule has 0 spiro atoms. The molecular formula is C30H25Cl2N3O7S. The van der Waals surface area contributed by atoms with Crippen LogP contribution < -0.4 is 14.8 Å². The van der Waals surface area contributed by atoms with E-state index in [9.17, 15) is 28.1 Å². The second kappa shape index (κ2) is 14.0.